The van der Waals surface area contributed by atoms with Crippen molar-refractivity contribution in [2.45, 2.75) is 6.42 Å². The Kier molecular flexibility index (Phi) is 2.77. The van der Waals surface area contributed by atoms with Crippen LogP contribution >= 0.6 is 15.9 Å². The summed E-state index contributed by atoms with van der Waals surface area (Å²) in [5.41, 5.74) is 12.6. The lowest BCUT2D eigenvalue weighted by atomic mass is 10.1. The van der Waals surface area contributed by atoms with Gasteiger partial charge in [-0.15, -0.1) is 0 Å². The van der Waals surface area contributed by atoms with E-state index in [1.165, 1.54) is 0 Å². The fourth-order valence-corrected chi connectivity index (χ4v) is 1.45. The highest BCUT2D eigenvalue weighted by molar-refractivity contribution is 9.10. The first-order valence-corrected chi connectivity index (χ1v) is 4.35. The SMILES string of the molecule is Nc1ccc(CC(=O)O)c(Br)c1N. The van der Waals surface area contributed by atoms with Crippen molar-refractivity contribution in [3.8, 4) is 0 Å². The molecule has 0 aliphatic rings. The standard InChI is InChI=1S/C8H9BrN2O2/c9-7-4(3-6(12)13)1-2-5(10)8(7)11/h1-2H,3,10-11H2,(H,12,13). The molecule has 0 aliphatic heterocycles. The summed E-state index contributed by atoms with van der Waals surface area (Å²) in [7, 11) is 0. The zero-order chi connectivity index (χ0) is 10.0. The average molecular weight is 245 g/mol. The predicted molar refractivity (Wildman–Crippen MR) is 54.3 cm³/mol. The van der Waals surface area contributed by atoms with Crippen LogP contribution in [0.3, 0.4) is 0 Å². The van der Waals surface area contributed by atoms with Crippen molar-refractivity contribution < 1.29 is 9.90 Å². The number of nitrogens with two attached hydrogens (primary N) is 2. The molecule has 0 saturated carbocycles. The van der Waals surface area contributed by atoms with Gasteiger partial charge in [-0.2, -0.15) is 0 Å². The molecule has 70 valence electrons. The zero-order valence-electron chi connectivity index (χ0n) is 6.75. The lowest BCUT2D eigenvalue weighted by molar-refractivity contribution is -0.136. The Labute approximate surface area is 83.7 Å². The van der Waals surface area contributed by atoms with Crippen molar-refractivity contribution in [1.82, 2.24) is 0 Å². The summed E-state index contributed by atoms with van der Waals surface area (Å²) in [6.07, 6.45) is -0.0644. The lowest BCUT2D eigenvalue weighted by Gasteiger charge is -2.06. The third-order valence-electron chi connectivity index (χ3n) is 1.64. The van der Waals surface area contributed by atoms with E-state index in [0.29, 0.717) is 21.4 Å². The third-order valence-corrected chi connectivity index (χ3v) is 2.57. The number of carboxylic acid groups (broad SMARTS) is 1. The van der Waals surface area contributed by atoms with E-state index < -0.39 is 5.97 Å². The second-order valence-corrected chi connectivity index (χ2v) is 3.41. The molecule has 1 aromatic carbocycles. The fourth-order valence-electron chi connectivity index (χ4n) is 0.952. The molecule has 0 radical (unpaired) electrons. The highest BCUT2D eigenvalue weighted by Crippen LogP contribution is 2.29. The van der Waals surface area contributed by atoms with Crippen molar-refractivity contribution in [3.05, 3.63) is 22.2 Å². The maximum Gasteiger partial charge on any atom is 0.307 e. The number of nitrogen functional groups attached to an aromatic ring is 2. The van der Waals surface area contributed by atoms with Crippen LogP contribution in [0.1, 0.15) is 5.56 Å². The molecule has 13 heavy (non-hydrogen) atoms. The summed E-state index contributed by atoms with van der Waals surface area (Å²) in [5.74, 6) is -0.898. The van der Waals surface area contributed by atoms with Crippen molar-refractivity contribution >= 4 is 33.3 Å². The minimum atomic E-state index is -0.898. The fraction of sp³-hybridized carbons (Fsp3) is 0.125. The van der Waals surface area contributed by atoms with Crippen LogP contribution in [0.5, 0.6) is 0 Å². The summed E-state index contributed by atoms with van der Waals surface area (Å²) in [6, 6.07) is 3.24. The number of halogens is 1. The Morgan fingerprint density at radius 1 is 1.46 bits per heavy atom. The number of benzene rings is 1. The minimum absolute atomic E-state index is 0.0644. The molecule has 1 rings (SSSR count). The molecular formula is C8H9BrN2O2. The molecule has 0 fully saturated rings. The van der Waals surface area contributed by atoms with Gasteiger partial charge in [0.1, 0.15) is 0 Å². The zero-order valence-corrected chi connectivity index (χ0v) is 8.34. The van der Waals surface area contributed by atoms with E-state index in [-0.39, 0.29) is 6.42 Å². The van der Waals surface area contributed by atoms with Crippen LogP contribution in [0.15, 0.2) is 16.6 Å². The van der Waals surface area contributed by atoms with Crippen molar-refractivity contribution in [2.24, 2.45) is 0 Å². The first-order valence-electron chi connectivity index (χ1n) is 3.56. The maximum absolute atomic E-state index is 10.4. The van der Waals surface area contributed by atoms with E-state index in [1.54, 1.807) is 12.1 Å². The van der Waals surface area contributed by atoms with Gasteiger partial charge in [0.25, 0.3) is 0 Å². The summed E-state index contributed by atoms with van der Waals surface area (Å²) in [5, 5.41) is 8.56. The smallest absolute Gasteiger partial charge is 0.307 e. The monoisotopic (exact) mass is 244 g/mol. The number of hydrogen-bond donors (Lipinski definition) is 3. The van der Waals surface area contributed by atoms with Crippen LogP contribution in [-0.4, -0.2) is 11.1 Å². The molecule has 0 atom stereocenters. The second-order valence-electron chi connectivity index (χ2n) is 2.61. The van der Waals surface area contributed by atoms with Gasteiger partial charge in [-0.3, -0.25) is 4.79 Å². The van der Waals surface area contributed by atoms with Crippen molar-refractivity contribution in [3.63, 3.8) is 0 Å². The van der Waals surface area contributed by atoms with Gasteiger partial charge in [-0.1, -0.05) is 6.07 Å². The molecule has 0 saturated heterocycles. The number of aliphatic carboxylic acids is 1. The van der Waals surface area contributed by atoms with Crippen molar-refractivity contribution in [1.29, 1.82) is 0 Å². The molecule has 0 aliphatic carbocycles. The lowest BCUT2D eigenvalue weighted by Crippen LogP contribution is -2.04. The Hall–Kier alpha value is -1.23. The maximum atomic E-state index is 10.4. The Morgan fingerprint density at radius 2 is 2.08 bits per heavy atom. The van der Waals surface area contributed by atoms with E-state index in [0.717, 1.165) is 0 Å². The molecule has 0 amide bonds. The van der Waals surface area contributed by atoms with Gasteiger partial charge < -0.3 is 16.6 Å². The largest absolute Gasteiger partial charge is 0.481 e. The average Bonchev–Trinajstić information content (AvgIpc) is 2.06. The molecule has 1 aromatic rings. The highest BCUT2D eigenvalue weighted by atomic mass is 79.9. The van der Waals surface area contributed by atoms with E-state index >= 15 is 0 Å². The molecule has 0 bridgehead atoms. The number of carboxylic acids is 1. The predicted octanol–water partition coefficient (Wildman–Crippen LogP) is 1.24. The number of anilines is 2. The van der Waals surface area contributed by atoms with Gasteiger partial charge in [-0.05, 0) is 27.6 Å². The molecule has 0 spiro atoms. The highest BCUT2D eigenvalue weighted by Gasteiger charge is 2.09. The Bertz CT molecular complexity index is 352. The van der Waals surface area contributed by atoms with Crippen LogP contribution in [-0.2, 0) is 11.2 Å². The Balaban J connectivity index is 3.10. The first-order chi connectivity index (χ1) is 6.02. The van der Waals surface area contributed by atoms with Crippen LogP contribution in [0, 0.1) is 0 Å². The topological polar surface area (TPSA) is 89.3 Å². The summed E-state index contributed by atoms with van der Waals surface area (Å²) < 4.78 is 0.565. The van der Waals surface area contributed by atoms with Gasteiger partial charge in [0.05, 0.1) is 17.8 Å². The molecule has 0 heterocycles. The van der Waals surface area contributed by atoms with Gasteiger partial charge >= 0.3 is 5.97 Å². The molecule has 5 heteroatoms. The quantitative estimate of drug-likeness (QED) is 0.684. The Morgan fingerprint density at radius 3 is 2.62 bits per heavy atom. The van der Waals surface area contributed by atoms with E-state index in [1.807, 2.05) is 0 Å². The van der Waals surface area contributed by atoms with E-state index in [2.05, 4.69) is 15.9 Å². The number of hydrogen-bond acceptors (Lipinski definition) is 3. The second kappa shape index (κ2) is 3.66. The van der Waals surface area contributed by atoms with Crippen LogP contribution in [0.4, 0.5) is 11.4 Å². The molecule has 4 nitrogen and oxygen atoms in total. The van der Waals surface area contributed by atoms with Crippen LogP contribution < -0.4 is 11.5 Å². The summed E-state index contributed by atoms with van der Waals surface area (Å²) in [4.78, 5) is 10.4. The molecule has 5 N–H and O–H groups in total. The summed E-state index contributed by atoms with van der Waals surface area (Å²) >= 11 is 3.19. The number of carbonyl (C=O) groups is 1. The molecule has 0 unspecified atom stereocenters. The van der Waals surface area contributed by atoms with Gasteiger partial charge in [-0.25, -0.2) is 0 Å². The molecular weight excluding hydrogens is 236 g/mol. The number of rotatable bonds is 2. The van der Waals surface area contributed by atoms with E-state index in [4.69, 9.17) is 16.6 Å². The van der Waals surface area contributed by atoms with Gasteiger partial charge in [0.15, 0.2) is 0 Å². The minimum Gasteiger partial charge on any atom is -0.481 e. The van der Waals surface area contributed by atoms with Gasteiger partial charge in [0, 0.05) is 4.47 Å². The van der Waals surface area contributed by atoms with Crippen LogP contribution in [0.2, 0.25) is 0 Å². The normalized spacial score (nSPS) is 9.92. The summed E-state index contributed by atoms with van der Waals surface area (Å²) in [6.45, 7) is 0. The van der Waals surface area contributed by atoms with Crippen molar-refractivity contribution in [2.75, 3.05) is 11.5 Å². The van der Waals surface area contributed by atoms with Gasteiger partial charge in [0.2, 0.25) is 0 Å². The van der Waals surface area contributed by atoms with E-state index in [9.17, 15) is 4.79 Å². The molecule has 0 aromatic heterocycles. The van der Waals surface area contributed by atoms with Crippen LogP contribution in [0.25, 0.3) is 0 Å². The third kappa shape index (κ3) is 2.12. The first kappa shape index (κ1) is 9.85.